The zero-order chi connectivity index (χ0) is 27.5. The summed E-state index contributed by atoms with van der Waals surface area (Å²) >= 11 is 1.02. The Morgan fingerprint density at radius 1 is 1.08 bits per heavy atom. The minimum Gasteiger partial charge on any atom is -0.444 e. The van der Waals surface area contributed by atoms with E-state index >= 15 is 0 Å². The molecule has 0 aliphatic carbocycles. The molecule has 1 N–H and O–H groups in total. The van der Waals surface area contributed by atoms with E-state index in [0.29, 0.717) is 16.3 Å². The van der Waals surface area contributed by atoms with Crippen molar-refractivity contribution in [1.29, 1.82) is 5.26 Å². The summed E-state index contributed by atoms with van der Waals surface area (Å²) in [5.74, 6) is -0.495. The normalized spacial score (nSPS) is 14.5. The van der Waals surface area contributed by atoms with E-state index in [4.69, 9.17) is 4.74 Å². The van der Waals surface area contributed by atoms with Crippen LogP contribution in [0.4, 0.5) is 9.93 Å². The van der Waals surface area contributed by atoms with Gasteiger partial charge >= 0.3 is 6.09 Å². The summed E-state index contributed by atoms with van der Waals surface area (Å²) in [5, 5.41) is 12.3. The van der Waals surface area contributed by atoms with Crippen LogP contribution in [0.2, 0.25) is 0 Å². The molecule has 3 aromatic rings. The molecule has 2 amide bonds. The van der Waals surface area contributed by atoms with Crippen LogP contribution >= 0.6 is 11.3 Å². The Hall–Kier alpha value is -3.86. The number of amides is 2. The van der Waals surface area contributed by atoms with E-state index in [0.717, 1.165) is 11.3 Å². The molecule has 13 heteroatoms. The summed E-state index contributed by atoms with van der Waals surface area (Å²) in [6, 6.07) is 12.9. The molecule has 0 radical (unpaired) electrons. The number of nitrogens with one attached hydrogen (secondary N) is 1. The molecule has 11 nitrogen and oxygen atoms in total. The summed E-state index contributed by atoms with van der Waals surface area (Å²) in [6.07, 6.45) is 1.11. The van der Waals surface area contributed by atoms with Crippen LogP contribution in [0.5, 0.6) is 0 Å². The number of hydrogen-bond donors (Lipinski definition) is 1. The van der Waals surface area contributed by atoms with Gasteiger partial charge in [-0.3, -0.25) is 15.1 Å². The third-order valence-electron chi connectivity index (χ3n) is 5.50. The van der Waals surface area contributed by atoms with Crippen molar-refractivity contribution in [2.75, 3.05) is 31.5 Å². The minimum atomic E-state index is -3.81. The van der Waals surface area contributed by atoms with Crippen LogP contribution in [-0.2, 0) is 14.8 Å². The van der Waals surface area contributed by atoms with Gasteiger partial charge in [-0.1, -0.05) is 17.4 Å². The zero-order valence-corrected chi connectivity index (χ0v) is 22.7. The van der Waals surface area contributed by atoms with E-state index in [9.17, 15) is 23.3 Å². The van der Waals surface area contributed by atoms with Crippen LogP contribution < -0.4 is 5.32 Å². The van der Waals surface area contributed by atoms with Gasteiger partial charge in [0.25, 0.3) is 5.91 Å². The quantitative estimate of drug-likeness (QED) is 0.504. The minimum absolute atomic E-state index is 0.0400. The van der Waals surface area contributed by atoms with Gasteiger partial charge in [0.05, 0.1) is 10.6 Å². The highest BCUT2D eigenvalue weighted by atomic mass is 32.2. The number of hydrogen-bond acceptors (Lipinski definition) is 9. The van der Waals surface area contributed by atoms with Gasteiger partial charge in [0.1, 0.15) is 22.2 Å². The molecule has 0 bridgehead atoms. The average Bonchev–Trinajstić information content (AvgIpc) is 3.31. The Labute approximate surface area is 224 Å². The zero-order valence-electron chi connectivity index (χ0n) is 21.0. The summed E-state index contributed by atoms with van der Waals surface area (Å²) in [4.78, 5) is 35.4. The number of piperazine rings is 1. The Morgan fingerprint density at radius 2 is 1.76 bits per heavy atom. The van der Waals surface area contributed by atoms with Gasteiger partial charge < -0.3 is 9.64 Å². The summed E-state index contributed by atoms with van der Waals surface area (Å²) in [6.45, 7) is 6.02. The number of sulfonamides is 1. The first kappa shape index (κ1) is 27.2. The van der Waals surface area contributed by atoms with Gasteiger partial charge in [-0.2, -0.15) is 9.57 Å². The van der Waals surface area contributed by atoms with E-state index in [2.05, 4.69) is 21.4 Å². The van der Waals surface area contributed by atoms with Crippen LogP contribution in [0.15, 0.2) is 53.6 Å². The van der Waals surface area contributed by atoms with Crippen LogP contribution in [0.25, 0.3) is 11.4 Å². The highest BCUT2D eigenvalue weighted by Crippen LogP contribution is 2.29. The third-order valence-corrected chi connectivity index (χ3v) is 8.29. The molecule has 38 heavy (non-hydrogen) atoms. The number of rotatable bonds is 5. The number of anilines is 1. The molecule has 2 aromatic heterocycles. The van der Waals surface area contributed by atoms with Gasteiger partial charge in [0, 0.05) is 37.9 Å². The van der Waals surface area contributed by atoms with Crippen LogP contribution in [0, 0.1) is 11.3 Å². The lowest BCUT2D eigenvalue weighted by Gasteiger charge is -2.34. The predicted octanol–water partition coefficient (Wildman–Crippen LogP) is 3.57. The van der Waals surface area contributed by atoms with Gasteiger partial charge in [0.15, 0.2) is 5.13 Å². The van der Waals surface area contributed by atoms with Crippen molar-refractivity contribution in [2.24, 2.45) is 0 Å². The van der Waals surface area contributed by atoms with Crippen LogP contribution in [-0.4, -0.2) is 71.4 Å². The molecule has 0 saturated carbocycles. The number of nitriles is 1. The molecule has 3 heterocycles. The van der Waals surface area contributed by atoms with Crippen molar-refractivity contribution in [2.45, 2.75) is 31.3 Å². The number of carbonyl (C=O) groups is 2. The lowest BCUT2D eigenvalue weighted by molar-refractivity contribution is 0.0192. The van der Waals surface area contributed by atoms with Gasteiger partial charge in [-0.15, -0.1) is 0 Å². The standard InChI is InChI=1S/C25H26N6O5S2/c1-25(2,3)36-24(33)30-12-14-31(15-13-30)38(34,35)18-9-7-17(8-10-18)22(32)29-23-28-21(20(16-26)37-23)19-6-4-5-11-27-19/h4-11H,12-15H2,1-3H3,(H,28,29,32). The number of thiazole rings is 1. The maximum Gasteiger partial charge on any atom is 0.410 e. The fourth-order valence-corrected chi connectivity index (χ4v) is 5.85. The van der Waals surface area contributed by atoms with Crippen LogP contribution in [0.1, 0.15) is 36.0 Å². The topological polar surface area (TPSA) is 146 Å². The smallest absolute Gasteiger partial charge is 0.410 e. The molecule has 1 aromatic carbocycles. The molecule has 1 aliphatic rings. The van der Waals surface area contributed by atoms with Gasteiger partial charge in [0.2, 0.25) is 10.0 Å². The summed E-state index contributed by atoms with van der Waals surface area (Å²) in [7, 11) is -3.81. The van der Waals surface area contributed by atoms with Crippen LogP contribution in [0.3, 0.4) is 0 Å². The highest BCUT2D eigenvalue weighted by molar-refractivity contribution is 7.89. The molecular formula is C25H26N6O5S2. The van der Waals surface area contributed by atoms with Gasteiger partial charge in [-0.25, -0.2) is 18.2 Å². The number of ether oxygens (including phenoxy) is 1. The summed E-state index contributed by atoms with van der Waals surface area (Å²) in [5.41, 5.74) is 0.489. The van der Waals surface area contributed by atoms with Crippen molar-refractivity contribution in [3.8, 4) is 17.5 Å². The fourth-order valence-electron chi connectivity index (χ4n) is 3.66. The second kappa shape index (κ2) is 10.9. The first-order chi connectivity index (χ1) is 18.0. The van der Waals surface area contributed by atoms with E-state index in [1.54, 1.807) is 45.2 Å². The molecule has 1 saturated heterocycles. The average molecular weight is 555 g/mol. The van der Waals surface area contributed by atoms with Crippen molar-refractivity contribution >= 4 is 38.5 Å². The molecular weight excluding hydrogens is 528 g/mol. The first-order valence-corrected chi connectivity index (χ1v) is 14.0. The largest absolute Gasteiger partial charge is 0.444 e. The van der Waals surface area contributed by atoms with Crippen molar-refractivity contribution in [3.05, 3.63) is 59.1 Å². The molecule has 0 unspecified atom stereocenters. The number of benzene rings is 1. The molecule has 0 atom stereocenters. The first-order valence-electron chi connectivity index (χ1n) is 11.7. The summed E-state index contributed by atoms with van der Waals surface area (Å²) < 4.78 is 32.9. The third kappa shape index (κ3) is 6.16. The van der Waals surface area contributed by atoms with Crippen molar-refractivity contribution in [3.63, 3.8) is 0 Å². The Kier molecular flexibility index (Phi) is 7.77. The molecule has 198 valence electrons. The lowest BCUT2D eigenvalue weighted by Crippen LogP contribution is -2.51. The maximum absolute atomic E-state index is 13.1. The number of carbonyl (C=O) groups excluding carboxylic acids is 2. The van der Waals surface area contributed by atoms with E-state index in [1.165, 1.54) is 33.5 Å². The SMILES string of the molecule is CC(C)(C)OC(=O)N1CCN(S(=O)(=O)c2ccc(C(=O)Nc3nc(-c4ccccn4)c(C#N)s3)cc2)CC1. The maximum atomic E-state index is 13.1. The number of pyridine rings is 1. The second-order valence-corrected chi connectivity index (χ2v) is 12.3. The Morgan fingerprint density at radius 3 is 2.34 bits per heavy atom. The highest BCUT2D eigenvalue weighted by Gasteiger charge is 2.32. The van der Waals surface area contributed by atoms with E-state index in [-0.39, 0.29) is 41.8 Å². The lowest BCUT2D eigenvalue weighted by atomic mass is 10.2. The van der Waals surface area contributed by atoms with Crippen molar-refractivity contribution in [1.82, 2.24) is 19.2 Å². The number of aromatic nitrogens is 2. The molecule has 1 aliphatic heterocycles. The second-order valence-electron chi connectivity index (χ2n) is 9.37. The molecule has 4 rings (SSSR count). The van der Waals surface area contributed by atoms with Gasteiger partial charge in [-0.05, 0) is 57.2 Å². The Balaban J connectivity index is 1.41. The van der Waals surface area contributed by atoms with E-state index < -0.39 is 27.6 Å². The van der Waals surface area contributed by atoms with Crippen molar-refractivity contribution < 1.29 is 22.7 Å². The molecule has 0 spiro atoms. The number of nitrogens with zero attached hydrogens (tertiary/aromatic N) is 5. The fraction of sp³-hybridized carbons (Fsp3) is 0.320. The predicted molar refractivity (Wildman–Crippen MR) is 141 cm³/mol. The Bertz CT molecular complexity index is 1470. The monoisotopic (exact) mass is 554 g/mol. The molecule has 1 fully saturated rings. The van der Waals surface area contributed by atoms with E-state index in [1.807, 2.05) is 0 Å².